The van der Waals surface area contributed by atoms with Crippen molar-refractivity contribution >= 4 is 60.0 Å². The van der Waals surface area contributed by atoms with Crippen molar-refractivity contribution in [3.8, 4) is 5.75 Å². The maximum Gasteiger partial charge on any atom is 0.573 e. The Balaban J connectivity index is 1.77. The molecule has 1 aliphatic heterocycles. The number of aromatic amines is 1. The van der Waals surface area contributed by atoms with Crippen LogP contribution in [0.1, 0.15) is 24.5 Å². The van der Waals surface area contributed by atoms with E-state index >= 15 is 0 Å². The smallest absolute Gasteiger partial charge is 0.405 e. The molecule has 0 aliphatic carbocycles. The molecule has 4 rings (SSSR count). The van der Waals surface area contributed by atoms with Crippen LogP contribution in [-0.4, -0.2) is 74.8 Å². The number of nitrogens with zero attached hydrogens (tertiary/aromatic N) is 2. The molecule has 1 atom stereocenters. The average Bonchev–Trinajstić information content (AvgIpc) is 3.26. The molecule has 1 aromatic heterocycles. The largest absolute Gasteiger partial charge is 0.573 e. The molecule has 246 valence electrons. The molecule has 20 heteroatoms. The van der Waals surface area contributed by atoms with E-state index in [0.717, 1.165) is 17.2 Å². The summed E-state index contributed by atoms with van der Waals surface area (Å²) in [6.45, 7) is 0.217. The quantitative estimate of drug-likeness (QED) is 0.271. The van der Waals surface area contributed by atoms with E-state index in [-0.39, 0.29) is 51.8 Å². The van der Waals surface area contributed by atoms with Crippen molar-refractivity contribution in [2.45, 2.75) is 43.7 Å². The molecule has 2 heterocycles. The van der Waals surface area contributed by atoms with Gasteiger partial charge in [0.15, 0.2) is 9.84 Å². The van der Waals surface area contributed by atoms with Gasteiger partial charge in [-0.25, -0.2) is 31.1 Å². The number of rotatable bonds is 11. The molecular weight excluding hydrogens is 690 g/mol. The Morgan fingerprint density at radius 3 is 2.40 bits per heavy atom. The zero-order valence-corrected chi connectivity index (χ0v) is 26.6. The van der Waals surface area contributed by atoms with Gasteiger partial charge in [0.25, 0.3) is 5.56 Å². The normalized spacial score (nSPS) is 15.9. The lowest BCUT2D eigenvalue weighted by molar-refractivity contribution is -0.274. The Bertz CT molecular complexity index is 2000. The van der Waals surface area contributed by atoms with Crippen molar-refractivity contribution in [3.63, 3.8) is 0 Å². The number of carbonyl (C=O) groups excluding carboxylic acids is 1. The van der Waals surface area contributed by atoms with E-state index in [0.29, 0.717) is 4.57 Å². The first-order valence-corrected chi connectivity index (χ1v) is 17.3. The SMILES string of the molecule is CCS(=O)(=O)c1ccc(Cl)cc1Cn1c(=O)[nH]c2c(Cl)c(CN3CC(CCNS(C)(=O)=O)NC3=O)c(OC(F)(F)F)cc2c1=O. The summed E-state index contributed by atoms with van der Waals surface area (Å²) in [7, 11) is -7.31. The molecule has 1 fully saturated rings. The topological polar surface area (TPSA) is 177 Å². The van der Waals surface area contributed by atoms with Crippen LogP contribution < -0.4 is 26.0 Å². The molecule has 0 spiro atoms. The summed E-state index contributed by atoms with van der Waals surface area (Å²) >= 11 is 12.5. The molecule has 0 saturated carbocycles. The zero-order chi connectivity index (χ0) is 33.5. The molecule has 45 heavy (non-hydrogen) atoms. The first-order valence-electron chi connectivity index (χ1n) is 13.0. The van der Waals surface area contributed by atoms with Crippen molar-refractivity contribution in [1.29, 1.82) is 0 Å². The molecular formula is C25H26Cl2F3N5O8S2. The molecule has 1 aliphatic rings. The van der Waals surface area contributed by atoms with Gasteiger partial charge in [0.05, 0.1) is 45.9 Å². The first kappa shape index (κ1) is 34.6. The van der Waals surface area contributed by atoms with Crippen LogP contribution in [0.15, 0.2) is 38.8 Å². The maximum absolute atomic E-state index is 13.5. The van der Waals surface area contributed by atoms with Gasteiger partial charge in [-0.15, -0.1) is 13.2 Å². The molecule has 3 aromatic rings. The molecule has 3 N–H and O–H groups in total. The van der Waals surface area contributed by atoms with Gasteiger partial charge in [-0.3, -0.25) is 9.36 Å². The molecule has 0 radical (unpaired) electrons. The summed E-state index contributed by atoms with van der Waals surface area (Å²) in [5.41, 5.74) is -2.88. The second-order valence-electron chi connectivity index (χ2n) is 10.1. The van der Waals surface area contributed by atoms with Crippen LogP contribution in [0.5, 0.6) is 5.75 Å². The van der Waals surface area contributed by atoms with Gasteiger partial charge in [0.2, 0.25) is 10.0 Å². The number of urea groups is 1. The number of carbonyl (C=O) groups is 1. The highest BCUT2D eigenvalue weighted by Gasteiger charge is 2.35. The summed E-state index contributed by atoms with van der Waals surface area (Å²) < 4.78 is 95.3. The molecule has 13 nitrogen and oxygen atoms in total. The Kier molecular flexibility index (Phi) is 9.84. The first-order chi connectivity index (χ1) is 20.8. The van der Waals surface area contributed by atoms with Gasteiger partial charge < -0.3 is 19.9 Å². The van der Waals surface area contributed by atoms with Crippen LogP contribution in [-0.2, 0) is 33.0 Å². The average molecular weight is 717 g/mol. The van der Waals surface area contributed by atoms with Gasteiger partial charge in [0.1, 0.15) is 5.75 Å². The highest BCUT2D eigenvalue weighted by Crippen LogP contribution is 2.37. The number of amides is 2. The minimum absolute atomic E-state index is 0.00730. The number of sulfonamides is 1. The number of sulfone groups is 1. The van der Waals surface area contributed by atoms with E-state index in [2.05, 4.69) is 19.8 Å². The number of benzene rings is 2. The second kappa shape index (κ2) is 12.8. The van der Waals surface area contributed by atoms with Crippen LogP contribution in [0.2, 0.25) is 10.0 Å². The fourth-order valence-corrected chi connectivity index (χ4v) is 6.84. The fraction of sp³-hybridized carbons (Fsp3) is 0.400. The van der Waals surface area contributed by atoms with Crippen LogP contribution in [0.25, 0.3) is 10.9 Å². The van der Waals surface area contributed by atoms with E-state index < -0.39 is 78.8 Å². The summed E-state index contributed by atoms with van der Waals surface area (Å²) in [5, 5.41) is 1.71. The molecule has 2 aromatic carbocycles. The molecule has 0 bridgehead atoms. The third-order valence-electron chi connectivity index (χ3n) is 6.83. The number of hydrogen-bond donors (Lipinski definition) is 3. The highest BCUT2D eigenvalue weighted by molar-refractivity contribution is 7.91. The number of halogens is 5. The van der Waals surface area contributed by atoms with Crippen LogP contribution in [0.4, 0.5) is 18.0 Å². The summed E-state index contributed by atoms with van der Waals surface area (Å²) in [6.07, 6.45) is -4.11. The zero-order valence-electron chi connectivity index (χ0n) is 23.5. The van der Waals surface area contributed by atoms with E-state index in [1.807, 2.05) is 0 Å². The number of nitrogens with one attached hydrogen (secondary N) is 3. The predicted molar refractivity (Wildman–Crippen MR) is 159 cm³/mol. The number of fused-ring (bicyclic) bond motifs is 1. The summed E-state index contributed by atoms with van der Waals surface area (Å²) in [5.74, 6) is -1.21. The summed E-state index contributed by atoms with van der Waals surface area (Å²) in [6, 6.07) is 3.27. The molecule has 1 unspecified atom stereocenters. The van der Waals surface area contributed by atoms with Gasteiger partial charge in [-0.1, -0.05) is 30.1 Å². The maximum atomic E-state index is 13.5. The van der Waals surface area contributed by atoms with Crippen molar-refractivity contribution in [2.24, 2.45) is 0 Å². The monoisotopic (exact) mass is 715 g/mol. The van der Waals surface area contributed by atoms with E-state index in [1.165, 1.54) is 25.1 Å². The van der Waals surface area contributed by atoms with Crippen LogP contribution in [0.3, 0.4) is 0 Å². The van der Waals surface area contributed by atoms with Gasteiger partial charge >= 0.3 is 18.1 Å². The van der Waals surface area contributed by atoms with Crippen molar-refractivity contribution in [1.82, 2.24) is 24.5 Å². The Labute approximate surface area is 264 Å². The lowest BCUT2D eigenvalue weighted by atomic mass is 10.1. The van der Waals surface area contributed by atoms with Crippen LogP contribution >= 0.6 is 23.2 Å². The fourth-order valence-electron chi connectivity index (χ4n) is 4.75. The number of ether oxygens (including phenoxy) is 1. The predicted octanol–water partition coefficient (Wildman–Crippen LogP) is 2.57. The molecule has 1 saturated heterocycles. The number of hydrogen-bond acceptors (Lipinski definition) is 8. The standard InChI is InChI=1S/C25H26Cl2F3N5O8S2/c1-3-45(41,42)19-5-4-14(26)8-13(19)10-35-22(36)16-9-18(43-25(28,29)30)17(20(27)21(16)33-24(35)38)12-34-11-15(32-23(34)37)6-7-31-44(2,39)40/h4-5,8-9,15,31H,3,6-7,10-12H2,1-2H3,(H,32,37)(H,33,38). The minimum atomic E-state index is -5.25. The van der Waals surface area contributed by atoms with E-state index in [9.17, 15) is 44.4 Å². The number of aromatic nitrogens is 2. The van der Waals surface area contributed by atoms with Crippen molar-refractivity contribution in [2.75, 3.05) is 25.1 Å². The Morgan fingerprint density at radius 2 is 1.78 bits per heavy atom. The number of alkyl halides is 3. The van der Waals surface area contributed by atoms with Crippen molar-refractivity contribution in [3.05, 3.63) is 66.3 Å². The third-order valence-corrected chi connectivity index (χ3v) is 10.0. The highest BCUT2D eigenvalue weighted by atomic mass is 35.5. The summed E-state index contributed by atoms with van der Waals surface area (Å²) in [4.78, 5) is 42.5. The lowest BCUT2D eigenvalue weighted by Gasteiger charge is -2.21. The van der Waals surface area contributed by atoms with E-state index in [1.54, 1.807) is 0 Å². The van der Waals surface area contributed by atoms with Crippen LogP contribution in [0, 0.1) is 0 Å². The minimum Gasteiger partial charge on any atom is -0.405 e. The van der Waals surface area contributed by atoms with Crippen molar-refractivity contribution < 1.29 is 39.5 Å². The Hall–Kier alpha value is -3.32. The second-order valence-corrected chi connectivity index (χ2v) is 15.0. The third kappa shape index (κ3) is 8.10. The van der Waals surface area contributed by atoms with E-state index in [4.69, 9.17) is 23.2 Å². The molecule has 2 amide bonds. The number of H-pyrrole nitrogens is 1. The lowest BCUT2D eigenvalue weighted by Crippen LogP contribution is -2.36. The van der Waals surface area contributed by atoms with Gasteiger partial charge in [-0.2, -0.15) is 0 Å². The van der Waals surface area contributed by atoms with Gasteiger partial charge in [0, 0.05) is 29.7 Å². The van der Waals surface area contributed by atoms with Gasteiger partial charge in [-0.05, 0) is 36.2 Å². The Morgan fingerprint density at radius 1 is 1.09 bits per heavy atom.